The number of ether oxygens (including phenoxy) is 2. The van der Waals surface area contributed by atoms with Gasteiger partial charge in [0.25, 0.3) is 0 Å². The van der Waals surface area contributed by atoms with Crippen LogP contribution in [0, 0.1) is 5.92 Å². The minimum absolute atomic E-state index is 0.0671. The zero-order valence-corrected chi connectivity index (χ0v) is 11.1. The van der Waals surface area contributed by atoms with Gasteiger partial charge in [0.05, 0.1) is 5.60 Å². The molecule has 3 aliphatic rings. The van der Waals surface area contributed by atoms with Crippen molar-refractivity contribution in [1.82, 2.24) is 0 Å². The van der Waals surface area contributed by atoms with Gasteiger partial charge in [-0.3, -0.25) is 0 Å². The molecule has 18 heavy (non-hydrogen) atoms. The highest BCUT2D eigenvalue weighted by atomic mass is 16.6. The van der Waals surface area contributed by atoms with Gasteiger partial charge in [-0.15, -0.1) is 0 Å². The molecule has 3 heteroatoms. The van der Waals surface area contributed by atoms with Crippen LogP contribution in [-0.4, -0.2) is 23.8 Å². The average molecular weight is 248 g/mol. The van der Waals surface area contributed by atoms with Crippen molar-refractivity contribution in [3.63, 3.8) is 0 Å². The van der Waals surface area contributed by atoms with Crippen LogP contribution in [0.1, 0.15) is 39.5 Å². The summed E-state index contributed by atoms with van der Waals surface area (Å²) in [5.74, 6) is -0.102. The van der Waals surface area contributed by atoms with E-state index in [4.69, 9.17) is 9.47 Å². The maximum Gasteiger partial charge on any atom is 0.334 e. The summed E-state index contributed by atoms with van der Waals surface area (Å²) in [5, 5.41) is 0. The summed E-state index contributed by atoms with van der Waals surface area (Å²) in [7, 11) is 0. The first kappa shape index (κ1) is 12.0. The molecule has 0 radical (unpaired) electrons. The third kappa shape index (κ3) is 1.81. The minimum atomic E-state index is -0.233. The quantitative estimate of drug-likeness (QED) is 0.286. The highest BCUT2D eigenvalue weighted by Gasteiger charge is 2.61. The molecule has 0 aromatic carbocycles. The third-order valence-corrected chi connectivity index (χ3v) is 4.57. The van der Waals surface area contributed by atoms with Gasteiger partial charge in [-0.1, -0.05) is 18.2 Å². The smallest absolute Gasteiger partial charge is 0.334 e. The van der Waals surface area contributed by atoms with E-state index in [1.54, 1.807) is 0 Å². The second-order valence-corrected chi connectivity index (χ2v) is 5.98. The number of esters is 1. The Morgan fingerprint density at radius 1 is 1.50 bits per heavy atom. The second kappa shape index (κ2) is 3.95. The van der Waals surface area contributed by atoms with Crippen LogP contribution in [0.5, 0.6) is 0 Å². The van der Waals surface area contributed by atoms with E-state index in [0.29, 0.717) is 5.57 Å². The molecule has 3 rings (SSSR count). The van der Waals surface area contributed by atoms with Gasteiger partial charge in [0.2, 0.25) is 0 Å². The van der Waals surface area contributed by atoms with Gasteiger partial charge >= 0.3 is 5.97 Å². The maximum atomic E-state index is 11.7. The van der Waals surface area contributed by atoms with Gasteiger partial charge in [0.15, 0.2) is 0 Å². The zero-order chi connectivity index (χ0) is 12.9. The van der Waals surface area contributed by atoms with E-state index in [1.165, 1.54) is 5.57 Å². The second-order valence-electron chi connectivity index (χ2n) is 5.98. The first-order valence-corrected chi connectivity index (χ1v) is 6.74. The Bertz CT molecular complexity index is 437. The molecule has 0 aromatic heterocycles. The Morgan fingerprint density at radius 3 is 3.06 bits per heavy atom. The summed E-state index contributed by atoms with van der Waals surface area (Å²) in [6.45, 7) is 8.17. The Hall–Kier alpha value is -1.09. The van der Waals surface area contributed by atoms with Crippen molar-refractivity contribution in [2.45, 2.75) is 57.3 Å². The fourth-order valence-corrected chi connectivity index (χ4v) is 3.20. The van der Waals surface area contributed by atoms with E-state index in [1.807, 2.05) is 0 Å². The molecule has 3 nitrogen and oxygen atoms in total. The molecule has 4 atom stereocenters. The fourth-order valence-electron chi connectivity index (χ4n) is 3.20. The van der Waals surface area contributed by atoms with Crippen LogP contribution in [0.4, 0.5) is 0 Å². The summed E-state index contributed by atoms with van der Waals surface area (Å²) in [6, 6.07) is 0. The monoisotopic (exact) mass is 248 g/mol. The molecule has 1 aliphatic carbocycles. The molecule has 0 bridgehead atoms. The molecule has 0 amide bonds. The number of hydrogen-bond donors (Lipinski definition) is 0. The number of hydrogen-bond acceptors (Lipinski definition) is 3. The molecule has 0 N–H and O–H groups in total. The molecule has 2 aliphatic heterocycles. The van der Waals surface area contributed by atoms with Gasteiger partial charge in [-0.25, -0.2) is 4.79 Å². The summed E-state index contributed by atoms with van der Waals surface area (Å²) in [6.07, 6.45) is 6.25. The maximum absolute atomic E-state index is 11.7. The molecule has 0 spiro atoms. The van der Waals surface area contributed by atoms with Crippen molar-refractivity contribution >= 4 is 5.97 Å². The lowest BCUT2D eigenvalue weighted by molar-refractivity contribution is -0.140. The number of epoxide rings is 1. The largest absolute Gasteiger partial charge is 0.455 e. The van der Waals surface area contributed by atoms with Crippen molar-refractivity contribution in [3.05, 3.63) is 23.8 Å². The molecule has 0 saturated carbocycles. The van der Waals surface area contributed by atoms with E-state index < -0.39 is 0 Å². The van der Waals surface area contributed by atoms with E-state index in [2.05, 4.69) is 26.5 Å². The van der Waals surface area contributed by atoms with Crippen LogP contribution in [0.3, 0.4) is 0 Å². The summed E-state index contributed by atoms with van der Waals surface area (Å²) in [4.78, 5) is 11.7. The lowest BCUT2D eigenvalue weighted by atomic mass is 9.84. The van der Waals surface area contributed by atoms with Crippen LogP contribution in [-0.2, 0) is 14.3 Å². The first-order valence-electron chi connectivity index (χ1n) is 6.74. The molecule has 2 fully saturated rings. The number of allylic oxidation sites excluding steroid dienone is 2. The van der Waals surface area contributed by atoms with Gasteiger partial charge in [0.1, 0.15) is 12.2 Å². The normalized spacial score (nSPS) is 46.6. The van der Waals surface area contributed by atoms with Crippen molar-refractivity contribution in [2.24, 2.45) is 5.92 Å². The Morgan fingerprint density at radius 2 is 2.28 bits per heavy atom. The van der Waals surface area contributed by atoms with Crippen LogP contribution in [0.25, 0.3) is 0 Å². The van der Waals surface area contributed by atoms with Crippen LogP contribution in [0.2, 0.25) is 0 Å². The Kier molecular flexibility index (Phi) is 2.63. The van der Waals surface area contributed by atoms with E-state index >= 15 is 0 Å². The highest BCUT2D eigenvalue weighted by molar-refractivity contribution is 5.91. The van der Waals surface area contributed by atoms with Gasteiger partial charge in [-0.2, -0.15) is 0 Å². The summed E-state index contributed by atoms with van der Waals surface area (Å²) < 4.78 is 11.3. The standard InChI is InChI=1S/C15H20O3/c1-9-5-4-8-15(3)13(18-15)12-11(7-6-9)10(2)14(16)17-12/h5,11-13H,2,4,6-8H2,1,3H3/b9-5-/t11-,12-,13+,15-/m0/s1. The van der Waals surface area contributed by atoms with Gasteiger partial charge < -0.3 is 9.47 Å². The molecule has 0 unspecified atom stereocenters. The SMILES string of the molecule is C=C1C(=O)O[C@@H]2[C@H]3O[C@@]3(C)CC/C=C(/C)CC[C@@H]12. The predicted molar refractivity (Wildman–Crippen MR) is 68.0 cm³/mol. The highest BCUT2D eigenvalue weighted by Crippen LogP contribution is 2.49. The lowest BCUT2D eigenvalue weighted by Crippen LogP contribution is -2.28. The molecular weight excluding hydrogens is 228 g/mol. The molecule has 2 saturated heterocycles. The predicted octanol–water partition coefficient (Wildman–Crippen LogP) is 2.76. The fraction of sp³-hybridized carbons (Fsp3) is 0.667. The van der Waals surface area contributed by atoms with Crippen molar-refractivity contribution in [1.29, 1.82) is 0 Å². The van der Waals surface area contributed by atoms with Crippen molar-refractivity contribution in [2.75, 3.05) is 0 Å². The molecular formula is C15H20O3. The molecule has 2 heterocycles. The van der Waals surface area contributed by atoms with E-state index in [-0.39, 0.29) is 29.7 Å². The van der Waals surface area contributed by atoms with Crippen molar-refractivity contribution in [3.8, 4) is 0 Å². The van der Waals surface area contributed by atoms with E-state index in [9.17, 15) is 4.79 Å². The summed E-state index contributed by atoms with van der Waals surface area (Å²) >= 11 is 0. The lowest BCUT2D eigenvalue weighted by Gasteiger charge is -2.19. The number of carbonyl (C=O) groups is 1. The number of fused-ring (bicyclic) bond motifs is 3. The van der Waals surface area contributed by atoms with Crippen LogP contribution < -0.4 is 0 Å². The van der Waals surface area contributed by atoms with E-state index in [0.717, 1.165) is 25.7 Å². The topological polar surface area (TPSA) is 38.8 Å². The minimum Gasteiger partial charge on any atom is -0.455 e. The van der Waals surface area contributed by atoms with Crippen LogP contribution >= 0.6 is 0 Å². The molecule has 0 aromatic rings. The zero-order valence-electron chi connectivity index (χ0n) is 11.1. The number of rotatable bonds is 0. The number of carbonyl (C=O) groups excluding carboxylic acids is 1. The molecule has 98 valence electrons. The first-order chi connectivity index (χ1) is 8.51. The van der Waals surface area contributed by atoms with Gasteiger partial charge in [0, 0.05) is 11.5 Å². The third-order valence-electron chi connectivity index (χ3n) is 4.57. The van der Waals surface area contributed by atoms with Crippen LogP contribution in [0.15, 0.2) is 23.8 Å². The average Bonchev–Trinajstić information content (AvgIpc) is 2.90. The summed E-state index contributed by atoms with van der Waals surface area (Å²) in [5.41, 5.74) is 1.91. The van der Waals surface area contributed by atoms with Crippen molar-refractivity contribution < 1.29 is 14.3 Å². The Labute approximate surface area is 108 Å². The Balaban J connectivity index is 1.87. The van der Waals surface area contributed by atoms with Gasteiger partial charge in [-0.05, 0) is 39.5 Å².